The highest BCUT2D eigenvalue weighted by Gasteiger charge is 2.15. The zero-order valence-corrected chi connectivity index (χ0v) is 12.1. The van der Waals surface area contributed by atoms with Crippen LogP contribution in [0, 0.1) is 0 Å². The second kappa shape index (κ2) is 6.38. The van der Waals surface area contributed by atoms with E-state index in [9.17, 15) is 9.59 Å². The summed E-state index contributed by atoms with van der Waals surface area (Å²) in [6, 6.07) is 3.75. The number of likely N-dealkylation sites (N-methyl/N-ethyl adjacent to an activating group) is 1. The Morgan fingerprint density at radius 1 is 1.55 bits per heavy atom. The number of hydrogen-bond acceptors (Lipinski definition) is 4. The molecule has 0 aliphatic carbocycles. The predicted molar refractivity (Wildman–Crippen MR) is 81.7 cm³/mol. The van der Waals surface area contributed by atoms with E-state index >= 15 is 0 Å². The van der Waals surface area contributed by atoms with E-state index in [0.29, 0.717) is 17.1 Å². The number of nitrogens with zero attached hydrogens (tertiary/aromatic N) is 2. The fourth-order valence-corrected chi connectivity index (χ4v) is 2.32. The van der Waals surface area contributed by atoms with Gasteiger partial charge in [0.25, 0.3) is 5.91 Å². The van der Waals surface area contributed by atoms with E-state index in [2.05, 4.69) is 9.97 Å². The van der Waals surface area contributed by atoms with Crippen molar-refractivity contribution in [1.29, 1.82) is 0 Å². The summed E-state index contributed by atoms with van der Waals surface area (Å²) in [6.07, 6.45) is 5.19. The number of pyridine rings is 1. The molecule has 2 rings (SSSR count). The lowest BCUT2D eigenvalue weighted by Crippen LogP contribution is -2.26. The molecule has 0 spiro atoms. The largest absolute Gasteiger partial charge is 0.346 e. The molecule has 0 aliphatic heterocycles. The smallest absolute Gasteiger partial charge is 0.260 e. The molecule has 1 N–H and O–H groups in total. The summed E-state index contributed by atoms with van der Waals surface area (Å²) in [5.74, 6) is -0.164. The van der Waals surface area contributed by atoms with Crippen molar-refractivity contribution in [2.45, 2.75) is 6.92 Å². The van der Waals surface area contributed by atoms with Crippen LogP contribution in [0.3, 0.4) is 0 Å². The first-order valence-corrected chi connectivity index (χ1v) is 7.05. The van der Waals surface area contributed by atoms with Crippen LogP contribution in [0.25, 0.3) is 17.1 Å². The van der Waals surface area contributed by atoms with E-state index in [-0.39, 0.29) is 5.91 Å². The SMILES string of the molecule is CCN(C)C(=O)/C(=C/c1c[nH]c2ncccc12)SC=O. The summed E-state index contributed by atoms with van der Waals surface area (Å²) in [5.41, 5.74) is 2.26. The molecule has 2 aromatic heterocycles. The molecule has 1 amide bonds. The number of amides is 1. The average Bonchev–Trinajstić information content (AvgIpc) is 2.88. The average molecular weight is 289 g/mol. The van der Waals surface area contributed by atoms with Gasteiger partial charge in [-0.05, 0) is 36.9 Å². The van der Waals surface area contributed by atoms with Crippen molar-refractivity contribution in [3.63, 3.8) is 0 Å². The fourth-order valence-electron chi connectivity index (χ4n) is 1.77. The van der Waals surface area contributed by atoms with Crippen molar-refractivity contribution < 1.29 is 9.59 Å². The lowest BCUT2D eigenvalue weighted by Gasteiger charge is -2.15. The lowest BCUT2D eigenvalue weighted by molar-refractivity contribution is -0.124. The number of aromatic amines is 1. The van der Waals surface area contributed by atoms with Gasteiger partial charge in [-0.1, -0.05) is 0 Å². The Morgan fingerprint density at radius 3 is 3.05 bits per heavy atom. The third kappa shape index (κ3) is 2.91. The van der Waals surface area contributed by atoms with Gasteiger partial charge in [0.1, 0.15) is 5.65 Å². The Labute approximate surface area is 121 Å². The number of H-pyrrole nitrogens is 1. The molecule has 20 heavy (non-hydrogen) atoms. The van der Waals surface area contributed by atoms with Gasteiger partial charge >= 0.3 is 0 Å². The number of hydrogen-bond donors (Lipinski definition) is 1. The third-order valence-electron chi connectivity index (χ3n) is 2.98. The monoisotopic (exact) mass is 289 g/mol. The van der Waals surface area contributed by atoms with Gasteiger partial charge in [0.15, 0.2) is 5.62 Å². The molecule has 0 aliphatic rings. The number of fused-ring (bicyclic) bond motifs is 1. The maximum Gasteiger partial charge on any atom is 0.260 e. The van der Waals surface area contributed by atoms with Gasteiger partial charge in [-0.2, -0.15) is 0 Å². The Bertz CT molecular complexity index is 663. The first-order valence-electron chi connectivity index (χ1n) is 6.17. The Balaban J connectivity index is 2.42. The van der Waals surface area contributed by atoms with Crippen LogP contribution < -0.4 is 0 Å². The van der Waals surface area contributed by atoms with Crippen LogP contribution in [0.2, 0.25) is 0 Å². The van der Waals surface area contributed by atoms with Crippen molar-refractivity contribution in [2.75, 3.05) is 13.6 Å². The molecule has 0 saturated heterocycles. The van der Waals surface area contributed by atoms with Crippen LogP contribution in [0.15, 0.2) is 29.4 Å². The van der Waals surface area contributed by atoms with Crippen molar-refractivity contribution >= 4 is 40.4 Å². The quantitative estimate of drug-likeness (QED) is 0.677. The molecule has 5 nitrogen and oxygen atoms in total. The van der Waals surface area contributed by atoms with E-state index in [0.717, 1.165) is 28.4 Å². The minimum Gasteiger partial charge on any atom is -0.346 e. The van der Waals surface area contributed by atoms with Crippen LogP contribution in [0.4, 0.5) is 0 Å². The standard InChI is InChI=1S/C14H15N3O2S/c1-3-17(2)14(19)12(20-9-18)7-10-8-16-13-11(10)5-4-6-15-13/h4-9H,3H2,1-2H3,(H,15,16)/b12-7-. The second-order valence-electron chi connectivity index (χ2n) is 4.19. The summed E-state index contributed by atoms with van der Waals surface area (Å²) in [5, 5.41) is 0.920. The van der Waals surface area contributed by atoms with E-state index in [1.165, 1.54) is 0 Å². The Morgan fingerprint density at radius 2 is 2.35 bits per heavy atom. The van der Waals surface area contributed by atoms with Crippen molar-refractivity contribution in [1.82, 2.24) is 14.9 Å². The molecule has 0 saturated carbocycles. The minimum absolute atomic E-state index is 0.164. The van der Waals surface area contributed by atoms with E-state index < -0.39 is 0 Å². The first-order chi connectivity index (χ1) is 9.67. The molecule has 2 heterocycles. The molecule has 0 radical (unpaired) electrons. The molecule has 0 fully saturated rings. The maximum absolute atomic E-state index is 12.2. The summed E-state index contributed by atoms with van der Waals surface area (Å²) < 4.78 is 0. The van der Waals surface area contributed by atoms with Crippen LogP contribution in [0.1, 0.15) is 12.5 Å². The number of aromatic nitrogens is 2. The lowest BCUT2D eigenvalue weighted by atomic mass is 10.2. The van der Waals surface area contributed by atoms with Crippen molar-refractivity contribution in [3.8, 4) is 0 Å². The fraction of sp³-hybridized carbons (Fsp3) is 0.214. The summed E-state index contributed by atoms with van der Waals surface area (Å²) in [7, 11) is 1.71. The van der Waals surface area contributed by atoms with Crippen LogP contribution in [0.5, 0.6) is 0 Å². The summed E-state index contributed by atoms with van der Waals surface area (Å²) in [4.78, 5) is 32.1. The van der Waals surface area contributed by atoms with Crippen molar-refractivity contribution in [3.05, 3.63) is 35.0 Å². The van der Waals surface area contributed by atoms with Gasteiger partial charge in [0.2, 0.25) is 0 Å². The van der Waals surface area contributed by atoms with E-state index in [1.807, 2.05) is 19.1 Å². The summed E-state index contributed by atoms with van der Waals surface area (Å²) >= 11 is 0.890. The third-order valence-corrected chi connectivity index (χ3v) is 3.62. The van der Waals surface area contributed by atoms with Crippen LogP contribution in [-0.2, 0) is 9.59 Å². The van der Waals surface area contributed by atoms with E-state index in [4.69, 9.17) is 0 Å². The number of nitrogens with one attached hydrogen (secondary N) is 1. The Kier molecular flexibility index (Phi) is 4.57. The molecule has 0 bridgehead atoms. The normalized spacial score (nSPS) is 11.6. The molecule has 2 aromatic rings. The molecule has 104 valence electrons. The van der Waals surface area contributed by atoms with Crippen LogP contribution in [-0.4, -0.2) is 40.0 Å². The maximum atomic E-state index is 12.2. The second-order valence-corrected chi connectivity index (χ2v) is 5.05. The highest BCUT2D eigenvalue weighted by molar-refractivity contribution is 8.16. The number of rotatable bonds is 5. The molecule has 6 heteroatoms. The summed E-state index contributed by atoms with van der Waals surface area (Å²) in [6.45, 7) is 2.47. The van der Waals surface area contributed by atoms with Gasteiger partial charge in [-0.3, -0.25) is 9.59 Å². The van der Waals surface area contributed by atoms with E-state index in [1.54, 1.807) is 30.4 Å². The number of carbonyl (C=O) groups is 2. The molecule has 0 atom stereocenters. The van der Waals surface area contributed by atoms with Crippen molar-refractivity contribution in [2.24, 2.45) is 0 Å². The molecule has 0 unspecified atom stereocenters. The zero-order valence-electron chi connectivity index (χ0n) is 11.3. The van der Waals surface area contributed by atoms with Gasteiger partial charge in [0.05, 0.1) is 4.91 Å². The van der Waals surface area contributed by atoms with Gasteiger partial charge < -0.3 is 9.88 Å². The molecule has 0 aromatic carbocycles. The minimum atomic E-state index is -0.164. The number of thioether (sulfide) groups is 1. The zero-order chi connectivity index (χ0) is 14.5. The first kappa shape index (κ1) is 14.3. The van der Waals surface area contributed by atoms with Crippen LogP contribution >= 0.6 is 11.8 Å². The topological polar surface area (TPSA) is 66.1 Å². The highest BCUT2D eigenvalue weighted by atomic mass is 32.2. The molecular weight excluding hydrogens is 274 g/mol. The Hall–Kier alpha value is -2.08. The molecular formula is C14H15N3O2S. The number of carbonyl (C=O) groups excluding carboxylic acids is 2. The van der Waals surface area contributed by atoms with Gasteiger partial charge in [0, 0.05) is 36.9 Å². The van der Waals surface area contributed by atoms with Gasteiger partial charge in [-0.15, -0.1) is 0 Å². The highest BCUT2D eigenvalue weighted by Crippen LogP contribution is 2.23. The predicted octanol–water partition coefficient (Wildman–Crippen LogP) is 2.31. The van der Waals surface area contributed by atoms with Gasteiger partial charge in [-0.25, -0.2) is 4.98 Å².